The van der Waals surface area contributed by atoms with Crippen LogP contribution in [0.2, 0.25) is 0 Å². The van der Waals surface area contributed by atoms with Gasteiger partial charge in [0, 0.05) is 60.2 Å². The van der Waals surface area contributed by atoms with E-state index < -0.39 is 82.0 Å². The lowest BCUT2D eigenvalue weighted by Crippen LogP contribution is -2.63. The van der Waals surface area contributed by atoms with Crippen LogP contribution in [0.5, 0.6) is 0 Å². The Kier molecular flexibility index (Phi) is 21.6. The molecule has 0 aromatic heterocycles. The highest BCUT2D eigenvalue weighted by Gasteiger charge is 2.48. The minimum Gasteiger partial charge on any atom is -0.347 e. The minimum atomic E-state index is -1.16. The van der Waals surface area contributed by atoms with E-state index in [0.717, 1.165) is 80.0 Å². The lowest BCUT2D eigenvalue weighted by molar-refractivity contribution is -0.145. The van der Waals surface area contributed by atoms with Crippen LogP contribution in [0.25, 0.3) is 0 Å². The van der Waals surface area contributed by atoms with Crippen LogP contribution in [0, 0.1) is 5.41 Å². The first-order valence-corrected chi connectivity index (χ1v) is 33.0. The lowest BCUT2D eigenvalue weighted by atomic mass is 9.85. The van der Waals surface area contributed by atoms with Crippen molar-refractivity contribution in [3.05, 3.63) is 136 Å². The number of likely N-dealkylation sites (N-methyl/N-ethyl adjacent to an activating group) is 2. The van der Waals surface area contributed by atoms with Crippen molar-refractivity contribution in [2.24, 2.45) is 5.41 Å². The predicted molar refractivity (Wildman–Crippen MR) is 348 cm³/mol. The Morgan fingerprint density at radius 2 is 1.11 bits per heavy atom. The molecule has 9 amide bonds. The van der Waals surface area contributed by atoms with Crippen molar-refractivity contribution in [3.63, 3.8) is 0 Å². The first-order valence-electron chi connectivity index (χ1n) is 32.0. The molecule has 482 valence electrons. The summed E-state index contributed by atoms with van der Waals surface area (Å²) >= 11 is 1.30. The topological polar surface area (TPSA) is 260 Å². The van der Waals surface area contributed by atoms with Gasteiger partial charge in [-0.15, -0.1) is 11.8 Å². The van der Waals surface area contributed by atoms with Crippen LogP contribution in [0.15, 0.2) is 91.0 Å². The summed E-state index contributed by atoms with van der Waals surface area (Å²) in [4.78, 5) is 133. The SMILES string of the molecule is CN[C@@H](C)C(=O)NC(C(=O)N1Cc2cc(NC(=O)c3ccc(C(=O)N[C@H]4C[C@@H](C(=O)N[C@@H]5CCCc6ccccc65)N(C(=O)[C@@H](NC(=O)[C@H](C)NC)C(C)(C)C)C4)cc3)ccc2C[C@H]1C(=O)N[C@@H]1CCCc2ccccc21)C(C)(C)SCC(=O)N1CCCCC1. The van der Waals surface area contributed by atoms with E-state index in [1.54, 1.807) is 40.1 Å². The number of piperidine rings is 1. The molecular formula is C69H91N11O9S. The van der Waals surface area contributed by atoms with Crippen LogP contribution in [-0.2, 0) is 59.4 Å². The fourth-order valence-electron chi connectivity index (χ4n) is 13.0. The molecule has 20 nitrogen and oxygen atoms in total. The summed E-state index contributed by atoms with van der Waals surface area (Å²) in [5.74, 6) is -3.25. The van der Waals surface area contributed by atoms with E-state index in [1.807, 2.05) is 82.0 Å². The van der Waals surface area contributed by atoms with Gasteiger partial charge in [0.2, 0.25) is 41.4 Å². The summed E-state index contributed by atoms with van der Waals surface area (Å²) in [7, 11) is 3.31. The predicted octanol–water partition coefficient (Wildman–Crippen LogP) is 6.03. The maximum absolute atomic E-state index is 15.5. The smallest absolute Gasteiger partial charge is 0.255 e. The molecule has 3 heterocycles. The lowest BCUT2D eigenvalue weighted by Gasteiger charge is -2.42. The minimum absolute atomic E-state index is 0.00967. The highest BCUT2D eigenvalue weighted by molar-refractivity contribution is 8.01. The van der Waals surface area contributed by atoms with E-state index >= 15 is 4.79 Å². The van der Waals surface area contributed by atoms with Crippen molar-refractivity contribution in [1.29, 1.82) is 0 Å². The van der Waals surface area contributed by atoms with E-state index in [4.69, 9.17) is 0 Å². The highest BCUT2D eigenvalue weighted by Crippen LogP contribution is 2.37. The third-order valence-electron chi connectivity index (χ3n) is 18.7. The van der Waals surface area contributed by atoms with Crippen LogP contribution >= 0.6 is 11.8 Å². The van der Waals surface area contributed by atoms with E-state index in [1.165, 1.54) is 51.4 Å². The number of nitrogens with zero attached hydrogens (tertiary/aromatic N) is 3. The molecule has 4 aromatic carbocycles. The Morgan fingerprint density at radius 3 is 1.68 bits per heavy atom. The third-order valence-corrected chi connectivity index (χ3v) is 20.1. The number of benzene rings is 4. The van der Waals surface area contributed by atoms with Crippen molar-refractivity contribution in [2.75, 3.05) is 44.8 Å². The van der Waals surface area contributed by atoms with Crippen LogP contribution in [0.4, 0.5) is 5.69 Å². The van der Waals surface area contributed by atoms with Gasteiger partial charge in [0.15, 0.2) is 0 Å². The maximum atomic E-state index is 15.5. The largest absolute Gasteiger partial charge is 0.347 e. The molecule has 90 heavy (non-hydrogen) atoms. The Balaban J connectivity index is 0.917. The zero-order chi connectivity index (χ0) is 64.6. The van der Waals surface area contributed by atoms with Crippen LogP contribution < -0.4 is 42.5 Å². The molecule has 2 saturated heterocycles. The zero-order valence-electron chi connectivity index (χ0n) is 53.6. The Hall–Kier alpha value is -7.62. The van der Waals surface area contributed by atoms with Crippen molar-refractivity contribution in [2.45, 2.75) is 185 Å². The second-order valence-electron chi connectivity index (χ2n) is 26.5. The molecule has 0 bridgehead atoms. The fourth-order valence-corrected chi connectivity index (χ4v) is 14.0. The molecule has 2 aliphatic carbocycles. The van der Waals surface area contributed by atoms with Gasteiger partial charge >= 0.3 is 0 Å². The second kappa shape index (κ2) is 29.1. The molecule has 0 radical (unpaired) electrons. The molecule has 2 fully saturated rings. The molecule has 4 aromatic rings. The van der Waals surface area contributed by atoms with Crippen LogP contribution in [0.3, 0.4) is 0 Å². The highest BCUT2D eigenvalue weighted by atomic mass is 32.2. The molecule has 1 unspecified atom stereocenters. The van der Waals surface area contributed by atoms with Gasteiger partial charge in [-0.3, -0.25) is 43.2 Å². The summed E-state index contributed by atoms with van der Waals surface area (Å²) in [6.07, 6.45) is 8.24. The third kappa shape index (κ3) is 15.7. The number of anilines is 1. The first kappa shape index (κ1) is 66.8. The summed E-state index contributed by atoms with van der Waals surface area (Å²) in [5.41, 5.74) is 6.08. The number of carbonyl (C=O) groups excluding carboxylic acids is 9. The van der Waals surface area contributed by atoms with Gasteiger partial charge < -0.3 is 57.2 Å². The van der Waals surface area contributed by atoms with Crippen molar-refractivity contribution in [3.8, 4) is 0 Å². The Morgan fingerprint density at radius 1 is 0.578 bits per heavy atom. The number of hydrogen-bond acceptors (Lipinski definition) is 12. The van der Waals surface area contributed by atoms with E-state index in [0.29, 0.717) is 24.3 Å². The number of hydrogen-bond donors (Lipinski definition) is 8. The summed E-state index contributed by atoms with van der Waals surface area (Å²) in [5, 5.41) is 24.4. The number of carbonyl (C=O) groups is 9. The number of rotatable bonds is 20. The molecule has 3 aliphatic heterocycles. The zero-order valence-corrected chi connectivity index (χ0v) is 54.4. The van der Waals surface area contributed by atoms with Gasteiger partial charge in [-0.25, -0.2) is 0 Å². The average Bonchev–Trinajstić information content (AvgIpc) is 1.14. The van der Waals surface area contributed by atoms with Crippen molar-refractivity contribution >= 4 is 70.6 Å². The van der Waals surface area contributed by atoms with Crippen LogP contribution in [0.1, 0.15) is 166 Å². The molecular weight excluding hydrogens is 1160 g/mol. The van der Waals surface area contributed by atoms with Gasteiger partial charge in [0.05, 0.1) is 29.9 Å². The second-order valence-corrected chi connectivity index (χ2v) is 28.2. The van der Waals surface area contributed by atoms with Gasteiger partial charge in [0.1, 0.15) is 24.2 Å². The summed E-state index contributed by atoms with van der Waals surface area (Å²) in [6, 6.07) is 21.1. The van der Waals surface area contributed by atoms with E-state index in [-0.39, 0.29) is 78.5 Å². The molecule has 0 saturated carbocycles. The molecule has 9 rings (SSSR count). The molecule has 0 spiro atoms. The van der Waals surface area contributed by atoms with Gasteiger partial charge in [0.25, 0.3) is 11.8 Å². The number of likely N-dealkylation sites (tertiary alicyclic amines) is 2. The first-order chi connectivity index (χ1) is 42.9. The summed E-state index contributed by atoms with van der Waals surface area (Å²) < 4.78 is -1.02. The van der Waals surface area contributed by atoms with Crippen molar-refractivity contribution < 1.29 is 43.2 Å². The molecule has 8 N–H and O–H groups in total. The fraction of sp³-hybridized carbons (Fsp3) is 0.522. The van der Waals surface area contributed by atoms with Crippen LogP contribution in [-0.4, -0.2) is 154 Å². The maximum Gasteiger partial charge on any atom is 0.255 e. The number of amides is 9. The normalized spacial score (nSPS) is 21.2. The van der Waals surface area contributed by atoms with Gasteiger partial charge in [-0.05, 0) is 181 Å². The van der Waals surface area contributed by atoms with E-state index in [2.05, 4.69) is 54.7 Å². The monoisotopic (exact) mass is 1250 g/mol. The van der Waals surface area contributed by atoms with Gasteiger partial charge in [-0.2, -0.15) is 0 Å². The standard InChI is InChI=1S/C69H91N11O9S/c1-41(70-8)60(82)76-58(68(3,4)5)66(88)80-39-50(37-56(80)65(87)75-54-26-18-22-44-20-12-14-24-52(44)54)73-63(85)46-29-27-45(28-30-46)62(84)72-49-32-31-47-36-55(64(86)74-53-25-17-21-43-19-11-13-23-51(43)53)79(38-48(47)35-49)67(89)59(77-61(83)42(2)71-9)69(6,7)90-40-57(81)78-33-15-10-16-34-78/h11-14,19-20,23-24,27-32,35,41-42,50,53-56,58-59,70-71H,10,15-18,21-22,25-26,33-34,36-40H2,1-9H3,(H,72,84)(H,73,85)(H,74,86)(H,75,87)(H,76,82)(H,77,83)/t41-,42-,50-,53+,54+,55-,56-,58+,59?/m0/s1. The quantitative estimate of drug-likeness (QED) is 0.0505. The molecule has 21 heteroatoms. The van der Waals surface area contributed by atoms with E-state index in [9.17, 15) is 38.4 Å². The number of thioether (sulfide) groups is 1. The number of fused-ring (bicyclic) bond motifs is 3. The Bertz CT molecular complexity index is 3330. The number of aryl methyl sites for hydroxylation is 2. The molecule has 5 aliphatic rings. The average molecular weight is 1250 g/mol. The number of nitrogens with one attached hydrogen (secondary N) is 8. The molecule has 9 atom stereocenters. The van der Waals surface area contributed by atoms with Gasteiger partial charge in [-0.1, -0.05) is 75.4 Å². The summed E-state index contributed by atoms with van der Waals surface area (Å²) in [6.45, 7) is 14.0. The Labute approximate surface area is 533 Å². The van der Waals surface area contributed by atoms with Crippen molar-refractivity contribution in [1.82, 2.24) is 51.9 Å².